The van der Waals surface area contributed by atoms with E-state index in [0.29, 0.717) is 10.6 Å². The first-order valence-corrected chi connectivity index (χ1v) is 7.64. The van der Waals surface area contributed by atoms with Crippen LogP contribution >= 0.6 is 11.6 Å². The minimum atomic E-state index is -0.473. The van der Waals surface area contributed by atoms with Gasteiger partial charge in [0.15, 0.2) is 0 Å². The molecule has 3 rings (SSSR count). The molecule has 1 heterocycles. The van der Waals surface area contributed by atoms with E-state index in [1.807, 2.05) is 49.4 Å². The van der Waals surface area contributed by atoms with Crippen molar-refractivity contribution in [1.82, 2.24) is 0 Å². The highest BCUT2D eigenvalue weighted by Crippen LogP contribution is 2.51. The van der Waals surface area contributed by atoms with Gasteiger partial charge in [0, 0.05) is 5.02 Å². The topological polar surface area (TPSA) is 45.5 Å². The molecule has 1 saturated heterocycles. The number of hydrogen-bond acceptors (Lipinski definition) is 3. The average molecular weight is 326 g/mol. The van der Waals surface area contributed by atoms with Gasteiger partial charge in [-0.05, 0) is 48.4 Å². The Balaban J connectivity index is 1.83. The van der Waals surface area contributed by atoms with Crippen LogP contribution in [0.5, 0.6) is 5.75 Å². The van der Waals surface area contributed by atoms with Crippen molar-refractivity contribution in [3.05, 3.63) is 70.8 Å². The van der Waals surface area contributed by atoms with Gasteiger partial charge in [-0.2, -0.15) is 5.26 Å². The average Bonchev–Trinajstić information content (AvgIpc) is 3.25. The van der Waals surface area contributed by atoms with Crippen molar-refractivity contribution in [1.29, 1.82) is 5.26 Å². The number of benzene rings is 2. The Hall–Kier alpha value is -2.28. The fourth-order valence-corrected chi connectivity index (χ4v) is 2.73. The molecule has 0 N–H and O–H groups in total. The van der Waals surface area contributed by atoms with Crippen molar-refractivity contribution >= 4 is 17.2 Å². The third kappa shape index (κ3) is 3.24. The molecule has 1 aliphatic heterocycles. The minimum Gasteiger partial charge on any atom is -0.497 e. The maximum Gasteiger partial charge on any atom is 0.118 e. The summed E-state index contributed by atoms with van der Waals surface area (Å²) in [5.74, 6) is 0.811. The highest BCUT2D eigenvalue weighted by atomic mass is 35.5. The molecule has 0 spiro atoms. The molecule has 1 aliphatic rings. The first kappa shape index (κ1) is 15.6. The van der Waals surface area contributed by atoms with Gasteiger partial charge in [0.25, 0.3) is 0 Å². The molecule has 0 radical (unpaired) electrons. The number of halogens is 1. The third-order valence-electron chi connectivity index (χ3n) is 3.96. The first-order valence-electron chi connectivity index (χ1n) is 7.26. The molecule has 0 saturated carbocycles. The van der Waals surface area contributed by atoms with Crippen LogP contribution in [0.2, 0.25) is 5.02 Å². The summed E-state index contributed by atoms with van der Waals surface area (Å²) in [6.45, 7) is 1.98. The maximum absolute atomic E-state index is 9.44. The lowest BCUT2D eigenvalue weighted by Gasteiger charge is -2.04. The van der Waals surface area contributed by atoms with Crippen molar-refractivity contribution in [3.63, 3.8) is 0 Å². The van der Waals surface area contributed by atoms with E-state index in [4.69, 9.17) is 21.1 Å². The fourth-order valence-electron chi connectivity index (χ4n) is 2.60. The van der Waals surface area contributed by atoms with Crippen LogP contribution in [0.4, 0.5) is 0 Å². The molecule has 0 unspecified atom stereocenters. The largest absolute Gasteiger partial charge is 0.497 e. The van der Waals surface area contributed by atoms with E-state index in [0.717, 1.165) is 16.9 Å². The number of rotatable bonds is 4. The molecule has 0 bridgehead atoms. The summed E-state index contributed by atoms with van der Waals surface area (Å²) >= 11 is 5.90. The van der Waals surface area contributed by atoms with Crippen molar-refractivity contribution in [2.45, 2.75) is 18.6 Å². The molecule has 116 valence electrons. The zero-order valence-corrected chi connectivity index (χ0v) is 13.7. The summed E-state index contributed by atoms with van der Waals surface area (Å²) in [4.78, 5) is 0. The second-order valence-corrected chi connectivity index (χ2v) is 6.07. The van der Waals surface area contributed by atoms with Crippen LogP contribution in [0.25, 0.3) is 5.57 Å². The number of ether oxygens (including phenoxy) is 2. The van der Waals surface area contributed by atoms with Gasteiger partial charge in [-0.25, -0.2) is 0 Å². The van der Waals surface area contributed by atoms with Gasteiger partial charge >= 0.3 is 0 Å². The molecule has 2 aromatic carbocycles. The quantitative estimate of drug-likeness (QED) is 0.600. The normalized spacial score (nSPS) is 23.2. The fraction of sp³-hybridized carbons (Fsp3) is 0.211. The first-order chi connectivity index (χ1) is 11.1. The Morgan fingerprint density at radius 3 is 2.43 bits per heavy atom. The Kier molecular flexibility index (Phi) is 4.12. The van der Waals surface area contributed by atoms with Crippen LogP contribution in [0.15, 0.2) is 54.6 Å². The Morgan fingerprint density at radius 1 is 1.22 bits per heavy atom. The van der Waals surface area contributed by atoms with Crippen LogP contribution in [0.3, 0.4) is 0 Å². The molecular formula is C19H16ClNO2. The zero-order valence-electron chi connectivity index (χ0n) is 12.9. The summed E-state index contributed by atoms with van der Waals surface area (Å²) in [6.07, 6.45) is 1.83. The monoisotopic (exact) mass is 325 g/mol. The molecule has 2 atom stereocenters. The maximum atomic E-state index is 9.44. The molecule has 23 heavy (non-hydrogen) atoms. The second kappa shape index (κ2) is 6.08. The van der Waals surface area contributed by atoms with Crippen LogP contribution in [0, 0.1) is 11.3 Å². The number of hydrogen-bond donors (Lipinski definition) is 0. The van der Waals surface area contributed by atoms with Gasteiger partial charge in [-0.15, -0.1) is 0 Å². The van der Waals surface area contributed by atoms with Gasteiger partial charge in [0.2, 0.25) is 0 Å². The Morgan fingerprint density at radius 2 is 1.87 bits per heavy atom. The van der Waals surface area contributed by atoms with E-state index >= 15 is 0 Å². The molecule has 2 aromatic rings. The molecule has 1 fully saturated rings. The molecule has 4 heteroatoms. The lowest BCUT2D eigenvalue weighted by molar-refractivity contribution is 0.345. The lowest BCUT2D eigenvalue weighted by Crippen LogP contribution is -2.03. The van der Waals surface area contributed by atoms with E-state index in [-0.39, 0.29) is 6.10 Å². The summed E-state index contributed by atoms with van der Waals surface area (Å²) in [5, 5.41) is 10.1. The van der Waals surface area contributed by atoms with Crippen LogP contribution in [0.1, 0.15) is 24.2 Å². The van der Waals surface area contributed by atoms with E-state index in [1.165, 1.54) is 0 Å². The zero-order chi connectivity index (χ0) is 16.4. The van der Waals surface area contributed by atoms with E-state index < -0.39 is 5.60 Å². The van der Waals surface area contributed by atoms with Crippen LogP contribution in [-0.2, 0) is 4.74 Å². The summed E-state index contributed by atoms with van der Waals surface area (Å²) < 4.78 is 11.0. The standard InChI is InChI=1S/C19H16ClNO2/c1-19(11-15(12-21)13-3-7-16(20)8-4-13)18(23-19)14-5-9-17(22-2)10-6-14/h3-11,18H,1-2H3/b15-11+/t18-,19+/m0/s1. The van der Waals surface area contributed by atoms with E-state index in [9.17, 15) is 5.26 Å². The Labute approximate surface area is 140 Å². The van der Waals surface area contributed by atoms with E-state index in [2.05, 4.69) is 6.07 Å². The molecule has 3 nitrogen and oxygen atoms in total. The van der Waals surface area contributed by atoms with Crippen molar-refractivity contribution in [2.75, 3.05) is 7.11 Å². The molecule has 0 aromatic heterocycles. The van der Waals surface area contributed by atoms with Gasteiger partial charge in [-0.3, -0.25) is 0 Å². The summed E-state index contributed by atoms with van der Waals surface area (Å²) in [7, 11) is 1.64. The predicted molar refractivity (Wildman–Crippen MR) is 90.3 cm³/mol. The molecule has 0 aliphatic carbocycles. The lowest BCUT2D eigenvalue weighted by atomic mass is 9.96. The highest BCUT2D eigenvalue weighted by Gasteiger charge is 2.51. The van der Waals surface area contributed by atoms with Crippen molar-refractivity contribution in [2.24, 2.45) is 0 Å². The van der Waals surface area contributed by atoms with Gasteiger partial charge in [0.05, 0.1) is 18.8 Å². The highest BCUT2D eigenvalue weighted by molar-refractivity contribution is 6.30. The van der Waals surface area contributed by atoms with Gasteiger partial charge < -0.3 is 9.47 Å². The molecular weight excluding hydrogens is 310 g/mol. The van der Waals surface area contributed by atoms with Crippen molar-refractivity contribution in [3.8, 4) is 11.8 Å². The number of nitrogens with zero attached hydrogens (tertiary/aromatic N) is 1. The van der Waals surface area contributed by atoms with E-state index in [1.54, 1.807) is 19.2 Å². The minimum absolute atomic E-state index is 0.0518. The predicted octanol–water partition coefficient (Wildman–Crippen LogP) is 4.79. The van der Waals surface area contributed by atoms with Crippen LogP contribution < -0.4 is 4.74 Å². The number of allylic oxidation sites excluding steroid dienone is 1. The number of epoxide rings is 1. The van der Waals surface area contributed by atoms with Crippen LogP contribution in [-0.4, -0.2) is 12.7 Å². The third-order valence-corrected chi connectivity index (χ3v) is 4.21. The SMILES string of the molecule is COc1ccc([C@@H]2O[C@]2(C)/C=C(\C#N)c2ccc(Cl)cc2)cc1. The van der Waals surface area contributed by atoms with Gasteiger partial charge in [0.1, 0.15) is 17.5 Å². The number of nitriles is 1. The smallest absolute Gasteiger partial charge is 0.118 e. The van der Waals surface area contributed by atoms with Gasteiger partial charge in [-0.1, -0.05) is 35.9 Å². The number of methoxy groups -OCH3 is 1. The second-order valence-electron chi connectivity index (χ2n) is 5.63. The molecule has 0 amide bonds. The summed E-state index contributed by atoms with van der Waals surface area (Å²) in [6, 6.07) is 17.3. The summed E-state index contributed by atoms with van der Waals surface area (Å²) in [5.41, 5.74) is 2.01. The van der Waals surface area contributed by atoms with Crippen molar-refractivity contribution < 1.29 is 9.47 Å². The Bertz CT molecular complexity index is 775.